The number of nitrogens with zero attached hydrogens (tertiary/aromatic N) is 1. The van der Waals surface area contributed by atoms with Gasteiger partial charge in [0.2, 0.25) is 0 Å². The van der Waals surface area contributed by atoms with E-state index in [0.29, 0.717) is 17.8 Å². The van der Waals surface area contributed by atoms with Crippen LogP contribution in [-0.4, -0.2) is 11.4 Å². The Bertz CT molecular complexity index is 566. The fourth-order valence-corrected chi connectivity index (χ4v) is 1.95. The number of thiocarbonyl (C=S) groups is 1. The number of benzene rings is 1. The normalized spacial score (nSPS) is 12.4. The zero-order valence-electron chi connectivity index (χ0n) is 11.0. The van der Waals surface area contributed by atoms with Gasteiger partial charge in [0, 0.05) is 12.2 Å². The molecule has 1 N–H and O–H groups in total. The van der Waals surface area contributed by atoms with Crippen molar-refractivity contribution in [3.63, 3.8) is 0 Å². The first-order valence-electron chi connectivity index (χ1n) is 5.88. The molecule has 0 atom stereocenters. The van der Waals surface area contributed by atoms with Crippen molar-refractivity contribution < 1.29 is 13.2 Å². The number of nitriles is 1. The van der Waals surface area contributed by atoms with E-state index in [1.807, 2.05) is 13.0 Å². The van der Waals surface area contributed by atoms with Crippen LogP contribution >= 0.6 is 12.2 Å². The summed E-state index contributed by atoms with van der Waals surface area (Å²) in [5, 5.41) is 12.1. The van der Waals surface area contributed by atoms with E-state index in [-0.39, 0.29) is 10.4 Å². The Kier molecular flexibility index (Phi) is 5.28. The molecule has 0 saturated carbocycles. The largest absolute Gasteiger partial charge is 0.416 e. The number of hydrogen-bond donors (Lipinski definition) is 1. The Labute approximate surface area is 120 Å². The highest BCUT2D eigenvalue weighted by Gasteiger charge is 2.30. The SMILES string of the molecule is CCN/C(C)=C(/C#N)C(=S)c1ccc(C(F)(F)F)cc1. The number of halogens is 3. The number of alkyl halides is 3. The van der Waals surface area contributed by atoms with Crippen molar-refractivity contribution in [2.24, 2.45) is 0 Å². The lowest BCUT2D eigenvalue weighted by molar-refractivity contribution is -0.137. The second-order valence-corrected chi connectivity index (χ2v) is 4.45. The fourth-order valence-electron chi connectivity index (χ4n) is 1.61. The molecular weight excluding hydrogens is 285 g/mol. The summed E-state index contributed by atoms with van der Waals surface area (Å²) >= 11 is 5.17. The lowest BCUT2D eigenvalue weighted by Gasteiger charge is -2.10. The molecule has 1 aromatic carbocycles. The second-order valence-electron chi connectivity index (χ2n) is 4.05. The molecule has 1 rings (SSSR count). The van der Waals surface area contributed by atoms with Gasteiger partial charge in [0.15, 0.2) is 0 Å². The molecule has 0 aromatic heterocycles. The Morgan fingerprint density at radius 1 is 1.30 bits per heavy atom. The van der Waals surface area contributed by atoms with Crippen molar-refractivity contribution in [2.75, 3.05) is 6.54 Å². The van der Waals surface area contributed by atoms with Gasteiger partial charge in [-0.25, -0.2) is 0 Å². The molecule has 0 amide bonds. The molecule has 0 unspecified atom stereocenters. The minimum absolute atomic E-state index is 0.236. The van der Waals surface area contributed by atoms with Crippen molar-refractivity contribution in [3.8, 4) is 6.07 Å². The van der Waals surface area contributed by atoms with Crippen LogP contribution in [0.2, 0.25) is 0 Å². The highest BCUT2D eigenvalue weighted by atomic mass is 32.1. The highest BCUT2D eigenvalue weighted by molar-refractivity contribution is 7.81. The smallest absolute Gasteiger partial charge is 0.388 e. The molecule has 0 saturated heterocycles. The van der Waals surface area contributed by atoms with Gasteiger partial charge in [-0.3, -0.25) is 0 Å². The fraction of sp³-hybridized carbons (Fsp3) is 0.286. The Morgan fingerprint density at radius 3 is 2.25 bits per heavy atom. The van der Waals surface area contributed by atoms with Crippen molar-refractivity contribution >= 4 is 17.1 Å². The maximum atomic E-state index is 12.5. The van der Waals surface area contributed by atoms with E-state index in [4.69, 9.17) is 17.5 Å². The topological polar surface area (TPSA) is 35.8 Å². The first-order chi connectivity index (χ1) is 9.31. The summed E-state index contributed by atoms with van der Waals surface area (Å²) in [5.41, 5.74) is 0.554. The summed E-state index contributed by atoms with van der Waals surface area (Å²) in [5.74, 6) is 0. The van der Waals surface area contributed by atoms with Gasteiger partial charge in [0.1, 0.15) is 6.07 Å². The third kappa shape index (κ3) is 3.81. The van der Waals surface area contributed by atoms with Gasteiger partial charge >= 0.3 is 6.18 Å². The molecule has 0 fully saturated rings. The molecule has 106 valence electrons. The molecule has 6 heteroatoms. The van der Waals surface area contributed by atoms with Crippen LogP contribution in [0, 0.1) is 11.3 Å². The lowest BCUT2D eigenvalue weighted by atomic mass is 10.0. The second kappa shape index (κ2) is 6.53. The van der Waals surface area contributed by atoms with Crippen LogP contribution in [0.4, 0.5) is 13.2 Å². The molecule has 0 radical (unpaired) electrons. The molecule has 0 aliphatic carbocycles. The minimum Gasteiger partial charge on any atom is -0.388 e. The zero-order chi connectivity index (χ0) is 15.3. The van der Waals surface area contributed by atoms with E-state index in [2.05, 4.69) is 5.32 Å². The van der Waals surface area contributed by atoms with Gasteiger partial charge in [0.25, 0.3) is 0 Å². The number of hydrogen-bond acceptors (Lipinski definition) is 3. The molecule has 0 aliphatic heterocycles. The summed E-state index contributed by atoms with van der Waals surface area (Å²) in [4.78, 5) is 0.236. The quantitative estimate of drug-likeness (QED) is 0.397. The minimum atomic E-state index is -4.38. The number of nitrogens with one attached hydrogen (secondary N) is 1. The zero-order valence-corrected chi connectivity index (χ0v) is 11.8. The molecule has 0 spiro atoms. The summed E-state index contributed by atoms with van der Waals surface area (Å²) in [6.07, 6.45) is -4.38. The van der Waals surface area contributed by atoms with E-state index in [1.54, 1.807) is 6.92 Å². The van der Waals surface area contributed by atoms with E-state index >= 15 is 0 Å². The molecule has 2 nitrogen and oxygen atoms in total. The van der Waals surface area contributed by atoms with E-state index < -0.39 is 11.7 Å². The molecule has 0 bridgehead atoms. The standard InChI is InChI=1S/C14H13F3N2S/c1-3-19-9(2)12(8-18)13(20)10-4-6-11(7-5-10)14(15,16)17/h4-7,19H,3H2,1-2H3/b12-9-. The first-order valence-corrected chi connectivity index (χ1v) is 6.28. The van der Waals surface area contributed by atoms with E-state index in [1.165, 1.54) is 12.1 Å². The Hall–Kier alpha value is -1.87. The Morgan fingerprint density at radius 2 is 1.85 bits per heavy atom. The summed E-state index contributed by atoms with van der Waals surface area (Å²) in [6, 6.07) is 6.46. The van der Waals surface area contributed by atoms with Crippen LogP contribution in [0.15, 0.2) is 35.5 Å². The predicted molar refractivity (Wildman–Crippen MR) is 75.1 cm³/mol. The average Bonchev–Trinajstić information content (AvgIpc) is 2.39. The van der Waals surface area contributed by atoms with Crippen molar-refractivity contribution in [1.29, 1.82) is 5.26 Å². The van der Waals surface area contributed by atoms with Gasteiger partial charge in [-0.2, -0.15) is 18.4 Å². The highest BCUT2D eigenvalue weighted by Crippen LogP contribution is 2.29. The van der Waals surface area contributed by atoms with Gasteiger partial charge < -0.3 is 5.32 Å². The van der Waals surface area contributed by atoms with Crippen molar-refractivity contribution in [2.45, 2.75) is 20.0 Å². The van der Waals surface area contributed by atoms with Crippen LogP contribution in [0.25, 0.3) is 0 Å². The summed E-state index contributed by atoms with van der Waals surface area (Å²) in [6.45, 7) is 4.21. The van der Waals surface area contributed by atoms with E-state index in [9.17, 15) is 13.2 Å². The number of allylic oxidation sites excluding steroid dienone is 2. The van der Waals surface area contributed by atoms with Crippen LogP contribution in [-0.2, 0) is 6.18 Å². The predicted octanol–water partition coefficient (Wildman–Crippen LogP) is 3.83. The molecule has 0 heterocycles. The Balaban J connectivity index is 3.10. The maximum absolute atomic E-state index is 12.5. The monoisotopic (exact) mass is 298 g/mol. The van der Waals surface area contributed by atoms with Crippen molar-refractivity contribution in [3.05, 3.63) is 46.7 Å². The third-order valence-corrected chi connectivity index (χ3v) is 3.07. The first kappa shape index (κ1) is 16.2. The van der Waals surface area contributed by atoms with Gasteiger partial charge in [-0.15, -0.1) is 0 Å². The molecule has 20 heavy (non-hydrogen) atoms. The van der Waals surface area contributed by atoms with Gasteiger partial charge in [0.05, 0.1) is 16.0 Å². The average molecular weight is 298 g/mol. The molecule has 1 aromatic rings. The van der Waals surface area contributed by atoms with Crippen LogP contribution in [0.3, 0.4) is 0 Å². The van der Waals surface area contributed by atoms with Crippen LogP contribution in [0.1, 0.15) is 25.0 Å². The van der Waals surface area contributed by atoms with Crippen LogP contribution in [0.5, 0.6) is 0 Å². The summed E-state index contributed by atoms with van der Waals surface area (Å²) in [7, 11) is 0. The number of rotatable bonds is 4. The maximum Gasteiger partial charge on any atom is 0.416 e. The van der Waals surface area contributed by atoms with Gasteiger partial charge in [-0.1, -0.05) is 24.4 Å². The lowest BCUT2D eigenvalue weighted by Crippen LogP contribution is -2.15. The molecule has 0 aliphatic rings. The molecular formula is C14H13F3N2S. The van der Waals surface area contributed by atoms with Crippen LogP contribution < -0.4 is 5.32 Å². The van der Waals surface area contributed by atoms with Crippen molar-refractivity contribution in [1.82, 2.24) is 5.32 Å². The third-order valence-electron chi connectivity index (χ3n) is 2.63. The van der Waals surface area contributed by atoms with E-state index in [0.717, 1.165) is 12.1 Å². The van der Waals surface area contributed by atoms with Gasteiger partial charge in [-0.05, 0) is 31.5 Å². The summed E-state index contributed by atoms with van der Waals surface area (Å²) < 4.78 is 37.4.